The summed E-state index contributed by atoms with van der Waals surface area (Å²) in [6.45, 7) is 4.92. The highest BCUT2D eigenvalue weighted by molar-refractivity contribution is 5.72. The summed E-state index contributed by atoms with van der Waals surface area (Å²) in [7, 11) is 0. The van der Waals surface area contributed by atoms with Gasteiger partial charge in [0.1, 0.15) is 11.3 Å². The molecule has 0 aliphatic rings. The van der Waals surface area contributed by atoms with Gasteiger partial charge in [0, 0.05) is 12.6 Å². The Kier molecular flexibility index (Phi) is 3.88. The molecular formula is C18H18N4. The number of benzene rings is 1. The molecule has 3 aromatic rings. The lowest BCUT2D eigenvalue weighted by Crippen LogP contribution is -2.06. The summed E-state index contributed by atoms with van der Waals surface area (Å²) >= 11 is 0. The third-order valence-electron chi connectivity index (χ3n) is 3.70. The van der Waals surface area contributed by atoms with Crippen LogP contribution in [0, 0.1) is 18.3 Å². The summed E-state index contributed by atoms with van der Waals surface area (Å²) in [6, 6.07) is 11.9. The van der Waals surface area contributed by atoms with Crippen molar-refractivity contribution in [2.75, 3.05) is 0 Å². The zero-order valence-electron chi connectivity index (χ0n) is 12.9. The van der Waals surface area contributed by atoms with Gasteiger partial charge in [-0.25, -0.2) is 9.97 Å². The van der Waals surface area contributed by atoms with Crippen LogP contribution in [0.4, 0.5) is 0 Å². The largest absolute Gasteiger partial charge is 0.308 e. The summed E-state index contributed by atoms with van der Waals surface area (Å²) in [5.41, 5.74) is 4.84. The molecule has 22 heavy (non-hydrogen) atoms. The van der Waals surface area contributed by atoms with E-state index in [4.69, 9.17) is 10.2 Å². The first-order valence-electron chi connectivity index (χ1n) is 7.52. The van der Waals surface area contributed by atoms with Crippen molar-refractivity contribution in [3.63, 3.8) is 0 Å². The molecular weight excluding hydrogens is 272 g/mol. The fourth-order valence-corrected chi connectivity index (χ4v) is 2.61. The van der Waals surface area contributed by atoms with Crippen LogP contribution in [0.5, 0.6) is 0 Å². The number of aryl methyl sites for hydroxylation is 2. The first-order chi connectivity index (χ1) is 10.7. The van der Waals surface area contributed by atoms with E-state index in [1.807, 2.05) is 37.4 Å². The highest BCUT2D eigenvalue weighted by atomic mass is 15.1. The molecule has 1 aromatic carbocycles. The van der Waals surface area contributed by atoms with Gasteiger partial charge in [-0.05, 0) is 42.7 Å². The van der Waals surface area contributed by atoms with Gasteiger partial charge in [0.25, 0.3) is 0 Å². The average molecular weight is 290 g/mol. The topological polar surface area (TPSA) is 54.5 Å². The summed E-state index contributed by atoms with van der Waals surface area (Å²) < 4.78 is 2.18. The molecule has 0 aliphatic heterocycles. The lowest BCUT2D eigenvalue weighted by molar-refractivity contribution is 0.716. The highest BCUT2D eigenvalue weighted by Crippen LogP contribution is 2.18. The number of pyridine rings is 1. The van der Waals surface area contributed by atoms with Crippen molar-refractivity contribution >= 4 is 11.2 Å². The Morgan fingerprint density at radius 3 is 2.68 bits per heavy atom. The van der Waals surface area contributed by atoms with E-state index >= 15 is 0 Å². The van der Waals surface area contributed by atoms with Gasteiger partial charge in [-0.15, -0.1) is 0 Å². The second-order valence-corrected chi connectivity index (χ2v) is 5.53. The Hall–Kier alpha value is -2.67. The SMILES string of the molecule is CCCc1nc2cc(C)cnc2n1Cc1ccc(C#N)cc1. The summed E-state index contributed by atoms with van der Waals surface area (Å²) in [5.74, 6) is 1.07. The first kappa shape index (κ1) is 14.3. The van der Waals surface area contributed by atoms with Crippen LogP contribution >= 0.6 is 0 Å². The Morgan fingerprint density at radius 1 is 1.23 bits per heavy atom. The zero-order valence-corrected chi connectivity index (χ0v) is 12.9. The van der Waals surface area contributed by atoms with Crippen molar-refractivity contribution in [2.45, 2.75) is 33.2 Å². The van der Waals surface area contributed by atoms with Crippen molar-refractivity contribution in [1.29, 1.82) is 5.26 Å². The van der Waals surface area contributed by atoms with Gasteiger partial charge in [0.15, 0.2) is 5.65 Å². The lowest BCUT2D eigenvalue weighted by atomic mass is 10.1. The third-order valence-corrected chi connectivity index (χ3v) is 3.70. The molecule has 0 aliphatic carbocycles. The number of rotatable bonds is 4. The summed E-state index contributed by atoms with van der Waals surface area (Å²) in [6.07, 6.45) is 3.87. The fraction of sp³-hybridized carbons (Fsp3) is 0.278. The van der Waals surface area contributed by atoms with Gasteiger partial charge >= 0.3 is 0 Å². The van der Waals surface area contributed by atoms with Crippen LogP contribution in [0.25, 0.3) is 11.2 Å². The molecule has 0 bridgehead atoms. The maximum atomic E-state index is 8.89. The van der Waals surface area contributed by atoms with Crippen LogP contribution in [-0.2, 0) is 13.0 Å². The molecule has 4 nitrogen and oxygen atoms in total. The second kappa shape index (κ2) is 5.98. The summed E-state index contributed by atoms with van der Waals surface area (Å²) in [5, 5.41) is 8.89. The van der Waals surface area contributed by atoms with E-state index in [1.54, 1.807) is 0 Å². The van der Waals surface area contributed by atoms with E-state index in [2.05, 4.69) is 28.6 Å². The lowest BCUT2D eigenvalue weighted by Gasteiger charge is -2.08. The number of nitrogens with zero attached hydrogens (tertiary/aromatic N) is 4. The van der Waals surface area contributed by atoms with Crippen molar-refractivity contribution in [2.24, 2.45) is 0 Å². The van der Waals surface area contributed by atoms with Crippen LogP contribution in [0.2, 0.25) is 0 Å². The molecule has 3 rings (SSSR count). The van der Waals surface area contributed by atoms with Gasteiger partial charge in [0.2, 0.25) is 0 Å². The molecule has 0 saturated carbocycles. The van der Waals surface area contributed by atoms with Crippen molar-refractivity contribution in [3.8, 4) is 6.07 Å². The Bertz CT molecular complexity index is 838. The van der Waals surface area contributed by atoms with Crippen molar-refractivity contribution < 1.29 is 0 Å². The van der Waals surface area contributed by atoms with Crippen LogP contribution in [0.3, 0.4) is 0 Å². The van der Waals surface area contributed by atoms with E-state index in [1.165, 1.54) is 0 Å². The van der Waals surface area contributed by atoms with Gasteiger partial charge in [-0.2, -0.15) is 5.26 Å². The fourth-order valence-electron chi connectivity index (χ4n) is 2.61. The zero-order chi connectivity index (χ0) is 15.5. The normalized spacial score (nSPS) is 10.8. The Balaban J connectivity index is 2.03. The molecule has 0 radical (unpaired) electrons. The van der Waals surface area contributed by atoms with E-state index in [-0.39, 0.29) is 0 Å². The average Bonchev–Trinajstić information content (AvgIpc) is 2.85. The first-order valence-corrected chi connectivity index (χ1v) is 7.52. The molecule has 2 aromatic heterocycles. The molecule has 0 N–H and O–H groups in total. The number of hydrogen-bond donors (Lipinski definition) is 0. The number of fused-ring (bicyclic) bond motifs is 1. The predicted molar refractivity (Wildman–Crippen MR) is 86.5 cm³/mol. The van der Waals surface area contributed by atoms with E-state index in [9.17, 15) is 0 Å². The van der Waals surface area contributed by atoms with Crippen molar-refractivity contribution in [1.82, 2.24) is 14.5 Å². The van der Waals surface area contributed by atoms with Crippen LogP contribution < -0.4 is 0 Å². The summed E-state index contributed by atoms with van der Waals surface area (Å²) in [4.78, 5) is 9.30. The van der Waals surface area contributed by atoms with Crippen LogP contribution in [0.15, 0.2) is 36.5 Å². The Labute approximate surface area is 130 Å². The van der Waals surface area contributed by atoms with Crippen LogP contribution in [0.1, 0.15) is 35.9 Å². The molecule has 110 valence electrons. The third kappa shape index (κ3) is 2.71. The quantitative estimate of drug-likeness (QED) is 0.737. The molecule has 0 atom stereocenters. The highest BCUT2D eigenvalue weighted by Gasteiger charge is 2.12. The van der Waals surface area contributed by atoms with Crippen molar-refractivity contribution in [3.05, 3.63) is 59.0 Å². The minimum Gasteiger partial charge on any atom is -0.308 e. The van der Waals surface area contributed by atoms with E-state index < -0.39 is 0 Å². The monoisotopic (exact) mass is 290 g/mol. The van der Waals surface area contributed by atoms with E-state index in [0.717, 1.165) is 47.5 Å². The molecule has 0 saturated heterocycles. The van der Waals surface area contributed by atoms with Gasteiger partial charge in [-0.1, -0.05) is 19.1 Å². The maximum absolute atomic E-state index is 8.89. The van der Waals surface area contributed by atoms with E-state index in [0.29, 0.717) is 5.56 Å². The standard InChI is InChI=1S/C18H18N4/c1-3-4-17-21-16-9-13(2)11-20-18(16)22(17)12-15-7-5-14(10-19)6-8-15/h5-9,11H,3-4,12H2,1-2H3. The van der Waals surface area contributed by atoms with Gasteiger partial charge < -0.3 is 4.57 Å². The molecule has 0 spiro atoms. The maximum Gasteiger partial charge on any atom is 0.160 e. The van der Waals surface area contributed by atoms with Gasteiger partial charge in [-0.3, -0.25) is 0 Å². The predicted octanol–water partition coefficient (Wildman–Crippen LogP) is 3.61. The number of nitriles is 1. The smallest absolute Gasteiger partial charge is 0.160 e. The Morgan fingerprint density at radius 2 is 2.00 bits per heavy atom. The molecule has 2 heterocycles. The minimum absolute atomic E-state index is 0.682. The van der Waals surface area contributed by atoms with Crippen LogP contribution in [-0.4, -0.2) is 14.5 Å². The van der Waals surface area contributed by atoms with Gasteiger partial charge in [0.05, 0.1) is 18.2 Å². The molecule has 0 unspecified atom stereocenters. The number of aromatic nitrogens is 3. The second-order valence-electron chi connectivity index (χ2n) is 5.53. The minimum atomic E-state index is 0.682. The molecule has 4 heteroatoms. The molecule has 0 amide bonds. The molecule has 0 fully saturated rings. The number of hydrogen-bond acceptors (Lipinski definition) is 3. The number of imidazole rings is 1.